The van der Waals surface area contributed by atoms with E-state index < -0.39 is 5.97 Å². The molecule has 0 aliphatic heterocycles. The van der Waals surface area contributed by atoms with Crippen molar-refractivity contribution in [3.63, 3.8) is 0 Å². The maximum absolute atomic E-state index is 11.9. The van der Waals surface area contributed by atoms with Gasteiger partial charge in [-0.3, -0.25) is 4.79 Å². The van der Waals surface area contributed by atoms with Gasteiger partial charge in [-0.15, -0.1) is 0 Å². The van der Waals surface area contributed by atoms with Crippen LogP contribution < -0.4 is 10.6 Å². The number of aliphatic carboxylic acids is 1. The van der Waals surface area contributed by atoms with Gasteiger partial charge in [-0.25, -0.2) is 4.79 Å². The number of rotatable bonds is 3. The van der Waals surface area contributed by atoms with Crippen LogP contribution in [0.25, 0.3) is 0 Å². The number of urea groups is 1. The van der Waals surface area contributed by atoms with Crippen molar-refractivity contribution in [3.05, 3.63) is 27.8 Å². The molecule has 5 nitrogen and oxygen atoms in total. The van der Waals surface area contributed by atoms with E-state index in [0.717, 1.165) is 22.1 Å². The van der Waals surface area contributed by atoms with Gasteiger partial charge < -0.3 is 15.7 Å². The monoisotopic (exact) mass is 388 g/mol. The van der Waals surface area contributed by atoms with Crippen LogP contribution >= 0.6 is 22.6 Å². The molecule has 0 saturated heterocycles. The van der Waals surface area contributed by atoms with Crippen LogP contribution in [0.1, 0.15) is 25.7 Å². The first-order valence-electron chi connectivity index (χ1n) is 6.61. The van der Waals surface area contributed by atoms with E-state index in [1.165, 1.54) is 0 Å². The number of nitrogens with one attached hydrogen (secondary N) is 2. The summed E-state index contributed by atoms with van der Waals surface area (Å²) >= 11 is 2.16. The first-order valence-corrected chi connectivity index (χ1v) is 7.69. The lowest BCUT2D eigenvalue weighted by molar-refractivity contribution is -0.143. The second kappa shape index (κ2) is 6.92. The Bertz CT molecular complexity index is 507. The summed E-state index contributed by atoms with van der Waals surface area (Å²) in [4.78, 5) is 22.9. The second-order valence-corrected chi connectivity index (χ2v) is 6.14. The molecule has 108 valence electrons. The number of para-hydroxylation sites is 1. The van der Waals surface area contributed by atoms with Gasteiger partial charge in [0, 0.05) is 9.61 Å². The smallest absolute Gasteiger partial charge is 0.319 e. The van der Waals surface area contributed by atoms with E-state index in [0.29, 0.717) is 12.8 Å². The van der Waals surface area contributed by atoms with Gasteiger partial charge in [0.25, 0.3) is 0 Å². The molecule has 6 heteroatoms. The van der Waals surface area contributed by atoms with E-state index in [1.54, 1.807) is 0 Å². The van der Waals surface area contributed by atoms with Crippen LogP contribution in [0.5, 0.6) is 0 Å². The van der Waals surface area contributed by atoms with Crippen LogP contribution in [-0.4, -0.2) is 23.1 Å². The molecular formula is C14H17IN2O3. The predicted molar refractivity (Wildman–Crippen MR) is 84.7 cm³/mol. The highest BCUT2D eigenvalue weighted by Crippen LogP contribution is 2.24. The van der Waals surface area contributed by atoms with Gasteiger partial charge in [0.05, 0.1) is 11.6 Å². The van der Waals surface area contributed by atoms with Crippen molar-refractivity contribution < 1.29 is 14.7 Å². The lowest BCUT2D eigenvalue weighted by Gasteiger charge is -2.27. The Morgan fingerprint density at radius 1 is 1.25 bits per heavy atom. The van der Waals surface area contributed by atoms with E-state index in [2.05, 4.69) is 33.2 Å². The van der Waals surface area contributed by atoms with Gasteiger partial charge in [-0.05, 0) is 54.0 Å². The molecule has 1 saturated carbocycles. The van der Waals surface area contributed by atoms with Gasteiger partial charge in [0.1, 0.15) is 0 Å². The zero-order chi connectivity index (χ0) is 14.5. The van der Waals surface area contributed by atoms with Crippen molar-refractivity contribution in [2.75, 3.05) is 5.32 Å². The van der Waals surface area contributed by atoms with Crippen molar-refractivity contribution in [1.29, 1.82) is 0 Å². The van der Waals surface area contributed by atoms with Crippen molar-refractivity contribution in [2.45, 2.75) is 31.7 Å². The summed E-state index contributed by atoms with van der Waals surface area (Å²) in [5, 5.41) is 14.7. The van der Waals surface area contributed by atoms with Crippen LogP contribution in [0.2, 0.25) is 0 Å². The molecule has 0 heterocycles. The molecule has 2 atom stereocenters. The molecule has 2 amide bonds. The molecular weight excluding hydrogens is 371 g/mol. The summed E-state index contributed by atoms with van der Waals surface area (Å²) in [7, 11) is 0. The number of carbonyl (C=O) groups is 2. The fraction of sp³-hybridized carbons (Fsp3) is 0.429. The number of benzene rings is 1. The molecule has 0 radical (unpaired) electrons. The van der Waals surface area contributed by atoms with Gasteiger partial charge >= 0.3 is 12.0 Å². The molecule has 2 rings (SSSR count). The second-order valence-electron chi connectivity index (χ2n) is 4.98. The summed E-state index contributed by atoms with van der Waals surface area (Å²) < 4.78 is 0.965. The lowest BCUT2D eigenvalue weighted by Crippen LogP contribution is -2.42. The zero-order valence-corrected chi connectivity index (χ0v) is 13.1. The van der Waals surface area contributed by atoms with Crippen molar-refractivity contribution in [3.8, 4) is 0 Å². The molecule has 3 N–H and O–H groups in total. The normalized spacial score (nSPS) is 22.1. The molecule has 1 aliphatic carbocycles. The fourth-order valence-corrected chi connectivity index (χ4v) is 2.97. The number of carboxylic acid groups (broad SMARTS) is 1. The number of hydrogen-bond donors (Lipinski definition) is 3. The van der Waals surface area contributed by atoms with Gasteiger partial charge in [0.15, 0.2) is 0 Å². The quantitative estimate of drug-likeness (QED) is 0.697. The van der Waals surface area contributed by atoms with Crippen molar-refractivity contribution in [2.24, 2.45) is 5.92 Å². The van der Waals surface area contributed by atoms with E-state index in [1.807, 2.05) is 24.3 Å². The maximum Gasteiger partial charge on any atom is 0.319 e. The maximum atomic E-state index is 11.9. The first-order chi connectivity index (χ1) is 9.56. The topological polar surface area (TPSA) is 78.4 Å². The van der Waals surface area contributed by atoms with Crippen LogP contribution in [0.15, 0.2) is 24.3 Å². The van der Waals surface area contributed by atoms with Gasteiger partial charge in [-0.1, -0.05) is 18.6 Å². The SMILES string of the molecule is O=C(Nc1ccccc1I)NC1CCCC(C(=O)O)C1. The van der Waals surface area contributed by atoms with Crippen LogP contribution in [-0.2, 0) is 4.79 Å². The minimum atomic E-state index is -0.769. The van der Waals surface area contributed by atoms with Gasteiger partial charge in [-0.2, -0.15) is 0 Å². The standard InChI is InChI=1S/C14H17IN2O3/c15-11-6-1-2-7-12(11)17-14(20)16-10-5-3-4-9(8-10)13(18)19/h1-2,6-7,9-10H,3-5,8H2,(H,18,19)(H2,16,17,20). The largest absolute Gasteiger partial charge is 0.481 e. The molecule has 2 unspecified atom stereocenters. The summed E-state index contributed by atoms with van der Waals surface area (Å²) in [5.74, 6) is -1.11. The summed E-state index contributed by atoms with van der Waals surface area (Å²) in [6.45, 7) is 0. The summed E-state index contributed by atoms with van der Waals surface area (Å²) in [6.07, 6.45) is 2.88. The fourth-order valence-electron chi connectivity index (χ4n) is 2.45. The number of hydrogen-bond acceptors (Lipinski definition) is 2. The summed E-state index contributed by atoms with van der Waals surface area (Å²) in [6, 6.07) is 7.18. The van der Waals surface area contributed by atoms with Crippen molar-refractivity contribution in [1.82, 2.24) is 5.32 Å². The Labute approximate surface area is 131 Å². The molecule has 0 aromatic heterocycles. The summed E-state index contributed by atoms with van der Waals surface area (Å²) in [5.41, 5.74) is 0.760. The first kappa shape index (κ1) is 15.1. The molecule has 1 aromatic carbocycles. The van der Waals surface area contributed by atoms with E-state index in [9.17, 15) is 9.59 Å². The Morgan fingerprint density at radius 2 is 2.00 bits per heavy atom. The molecule has 0 spiro atoms. The molecule has 1 fully saturated rings. The van der Waals surface area contributed by atoms with Crippen molar-refractivity contribution >= 4 is 40.3 Å². The van der Waals surface area contributed by atoms with E-state index in [4.69, 9.17) is 5.11 Å². The van der Waals surface area contributed by atoms with Crippen LogP contribution in [0.4, 0.5) is 10.5 Å². The highest BCUT2D eigenvalue weighted by atomic mass is 127. The average Bonchev–Trinajstić information content (AvgIpc) is 2.41. The highest BCUT2D eigenvalue weighted by Gasteiger charge is 2.27. The third kappa shape index (κ3) is 4.09. The lowest BCUT2D eigenvalue weighted by atomic mass is 9.86. The Hall–Kier alpha value is -1.31. The number of carbonyl (C=O) groups excluding carboxylic acids is 1. The highest BCUT2D eigenvalue weighted by molar-refractivity contribution is 14.1. The molecule has 0 bridgehead atoms. The molecule has 20 heavy (non-hydrogen) atoms. The minimum Gasteiger partial charge on any atom is -0.481 e. The number of carboxylic acids is 1. The Kier molecular flexibility index (Phi) is 5.22. The minimum absolute atomic E-state index is 0.0637. The third-order valence-corrected chi connectivity index (χ3v) is 4.42. The number of amides is 2. The number of halogens is 1. The molecule has 1 aromatic rings. The Morgan fingerprint density at radius 3 is 2.70 bits per heavy atom. The molecule has 1 aliphatic rings. The van der Waals surface area contributed by atoms with Crippen LogP contribution in [0, 0.1) is 9.49 Å². The Balaban J connectivity index is 1.88. The predicted octanol–water partition coefficient (Wildman–Crippen LogP) is 3.06. The average molecular weight is 388 g/mol. The van der Waals surface area contributed by atoms with Crippen LogP contribution in [0.3, 0.4) is 0 Å². The zero-order valence-electron chi connectivity index (χ0n) is 10.9. The van der Waals surface area contributed by atoms with E-state index >= 15 is 0 Å². The van der Waals surface area contributed by atoms with Gasteiger partial charge in [0.2, 0.25) is 0 Å². The number of anilines is 1. The van der Waals surface area contributed by atoms with E-state index in [-0.39, 0.29) is 18.0 Å². The third-order valence-electron chi connectivity index (χ3n) is 3.48.